The van der Waals surface area contributed by atoms with Crippen LogP contribution in [0.3, 0.4) is 0 Å². The Morgan fingerprint density at radius 3 is 2.50 bits per heavy atom. The Hall–Kier alpha value is -2.00. The maximum atomic E-state index is 12.3. The number of amides is 2. The van der Waals surface area contributed by atoms with Crippen molar-refractivity contribution in [2.45, 2.75) is 6.54 Å². The maximum Gasteiger partial charge on any atom is 0.264 e. The van der Waals surface area contributed by atoms with Gasteiger partial charge in [-0.3, -0.25) is 9.59 Å². The van der Waals surface area contributed by atoms with Crippen LogP contribution >= 0.6 is 22.9 Å². The SMILES string of the molecule is O=C(Cn1cnnn1)N1CCN(C(=O)c2ccc(Cl)s2)CC1. The quantitative estimate of drug-likeness (QED) is 0.806. The number of carbonyl (C=O) groups excluding carboxylic acids is 2. The molecule has 1 fully saturated rings. The molecule has 0 N–H and O–H groups in total. The zero-order valence-electron chi connectivity index (χ0n) is 11.6. The molecule has 0 radical (unpaired) electrons. The molecule has 116 valence electrons. The van der Waals surface area contributed by atoms with Crippen molar-refractivity contribution in [3.63, 3.8) is 0 Å². The fraction of sp³-hybridized carbons (Fsp3) is 0.417. The number of thiophene rings is 1. The zero-order chi connectivity index (χ0) is 15.5. The largest absolute Gasteiger partial charge is 0.338 e. The summed E-state index contributed by atoms with van der Waals surface area (Å²) >= 11 is 7.12. The number of halogens is 1. The number of hydrogen-bond donors (Lipinski definition) is 0. The number of rotatable bonds is 3. The Bertz CT molecular complexity index is 665. The van der Waals surface area contributed by atoms with Gasteiger partial charge in [0.15, 0.2) is 0 Å². The number of nitrogens with zero attached hydrogens (tertiary/aromatic N) is 6. The standard InChI is InChI=1S/C12H13ClN6O2S/c13-10-2-1-9(22-10)12(21)18-5-3-17(4-6-18)11(20)7-19-8-14-15-16-19/h1-2,8H,3-7H2. The van der Waals surface area contributed by atoms with Crippen molar-refractivity contribution in [3.8, 4) is 0 Å². The first kappa shape index (κ1) is 14.9. The first-order valence-corrected chi connectivity index (χ1v) is 7.86. The minimum absolute atomic E-state index is 0.0375. The van der Waals surface area contributed by atoms with Crippen molar-refractivity contribution >= 4 is 34.8 Å². The van der Waals surface area contributed by atoms with E-state index in [1.165, 1.54) is 22.3 Å². The second kappa shape index (κ2) is 6.41. The van der Waals surface area contributed by atoms with E-state index in [1.807, 2.05) is 0 Å². The van der Waals surface area contributed by atoms with Crippen molar-refractivity contribution in [2.24, 2.45) is 0 Å². The third-order valence-electron chi connectivity index (χ3n) is 3.39. The predicted molar refractivity (Wildman–Crippen MR) is 79.6 cm³/mol. The van der Waals surface area contributed by atoms with Gasteiger partial charge in [0, 0.05) is 26.2 Å². The molecule has 3 rings (SSSR count). The number of hydrogen-bond acceptors (Lipinski definition) is 6. The van der Waals surface area contributed by atoms with Crippen LogP contribution in [0.5, 0.6) is 0 Å². The van der Waals surface area contributed by atoms with Crippen LogP contribution in [-0.2, 0) is 11.3 Å². The van der Waals surface area contributed by atoms with E-state index in [-0.39, 0.29) is 18.4 Å². The molecular formula is C12H13ClN6O2S. The van der Waals surface area contributed by atoms with Gasteiger partial charge in [-0.05, 0) is 22.6 Å². The zero-order valence-corrected chi connectivity index (χ0v) is 13.1. The van der Waals surface area contributed by atoms with Gasteiger partial charge < -0.3 is 9.80 Å². The summed E-state index contributed by atoms with van der Waals surface area (Å²) in [4.78, 5) is 28.5. The fourth-order valence-corrected chi connectivity index (χ4v) is 3.25. The van der Waals surface area contributed by atoms with Crippen LogP contribution in [0.15, 0.2) is 18.5 Å². The van der Waals surface area contributed by atoms with Crippen LogP contribution in [-0.4, -0.2) is 68.0 Å². The van der Waals surface area contributed by atoms with Crippen molar-refractivity contribution in [1.29, 1.82) is 0 Å². The Labute approximate surface area is 135 Å². The predicted octanol–water partition coefficient (Wildman–Crippen LogP) is 0.373. The molecule has 8 nitrogen and oxygen atoms in total. The van der Waals surface area contributed by atoms with E-state index in [1.54, 1.807) is 21.9 Å². The second-order valence-corrected chi connectivity index (χ2v) is 6.50. The smallest absolute Gasteiger partial charge is 0.264 e. The summed E-state index contributed by atoms with van der Waals surface area (Å²) in [5.41, 5.74) is 0. The average molecular weight is 341 g/mol. The summed E-state index contributed by atoms with van der Waals surface area (Å²) in [6, 6.07) is 3.44. The van der Waals surface area contributed by atoms with Gasteiger partial charge in [0.1, 0.15) is 12.9 Å². The Kier molecular flexibility index (Phi) is 4.34. The molecule has 0 atom stereocenters. The van der Waals surface area contributed by atoms with Gasteiger partial charge in [-0.2, -0.15) is 0 Å². The first-order chi connectivity index (χ1) is 10.6. The second-order valence-electron chi connectivity index (χ2n) is 4.78. The van der Waals surface area contributed by atoms with Gasteiger partial charge >= 0.3 is 0 Å². The number of carbonyl (C=O) groups is 2. The maximum absolute atomic E-state index is 12.3. The van der Waals surface area contributed by atoms with Gasteiger partial charge in [-0.15, -0.1) is 16.4 Å². The molecule has 10 heteroatoms. The molecule has 1 saturated heterocycles. The third-order valence-corrected chi connectivity index (χ3v) is 4.61. The average Bonchev–Trinajstić information content (AvgIpc) is 3.18. The van der Waals surface area contributed by atoms with Crippen molar-refractivity contribution in [2.75, 3.05) is 26.2 Å². The van der Waals surface area contributed by atoms with Crippen molar-refractivity contribution in [3.05, 3.63) is 27.7 Å². The van der Waals surface area contributed by atoms with Crippen LogP contribution in [0, 0.1) is 0 Å². The van der Waals surface area contributed by atoms with Crippen LogP contribution < -0.4 is 0 Å². The minimum Gasteiger partial charge on any atom is -0.338 e. The van der Waals surface area contributed by atoms with Crippen molar-refractivity contribution in [1.82, 2.24) is 30.0 Å². The topological polar surface area (TPSA) is 84.2 Å². The lowest BCUT2D eigenvalue weighted by Crippen LogP contribution is -2.51. The highest BCUT2D eigenvalue weighted by Gasteiger charge is 2.25. The number of aromatic nitrogens is 4. The number of piperazine rings is 1. The summed E-state index contributed by atoms with van der Waals surface area (Å²) in [5.74, 6) is -0.0944. The lowest BCUT2D eigenvalue weighted by molar-refractivity contribution is -0.133. The Morgan fingerprint density at radius 1 is 1.18 bits per heavy atom. The van der Waals surface area contributed by atoms with E-state index in [4.69, 9.17) is 11.6 Å². The van der Waals surface area contributed by atoms with Crippen molar-refractivity contribution < 1.29 is 9.59 Å². The van der Waals surface area contributed by atoms with Crippen LogP contribution in [0.1, 0.15) is 9.67 Å². The van der Waals surface area contributed by atoms with E-state index in [9.17, 15) is 9.59 Å². The van der Waals surface area contributed by atoms with Gasteiger partial charge in [-0.1, -0.05) is 11.6 Å². The summed E-state index contributed by atoms with van der Waals surface area (Å²) < 4.78 is 1.98. The molecule has 2 aromatic heterocycles. The summed E-state index contributed by atoms with van der Waals surface area (Å²) in [5, 5.41) is 10.6. The Balaban J connectivity index is 1.54. The molecule has 0 saturated carbocycles. The van der Waals surface area contributed by atoms with Crippen LogP contribution in [0.4, 0.5) is 0 Å². The van der Waals surface area contributed by atoms with Gasteiger partial charge in [0.25, 0.3) is 5.91 Å². The van der Waals surface area contributed by atoms with E-state index < -0.39 is 0 Å². The fourth-order valence-electron chi connectivity index (χ4n) is 2.24. The number of tetrazole rings is 1. The van der Waals surface area contributed by atoms with E-state index in [2.05, 4.69) is 15.5 Å². The van der Waals surface area contributed by atoms with E-state index >= 15 is 0 Å². The molecule has 1 aliphatic rings. The molecule has 3 heterocycles. The van der Waals surface area contributed by atoms with Gasteiger partial charge in [0.2, 0.25) is 5.91 Å². The highest BCUT2D eigenvalue weighted by Crippen LogP contribution is 2.23. The normalized spacial score (nSPS) is 15.1. The highest BCUT2D eigenvalue weighted by molar-refractivity contribution is 7.17. The molecule has 1 aliphatic heterocycles. The lowest BCUT2D eigenvalue weighted by Gasteiger charge is -2.34. The summed E-state index contributed by atoms with van der Waals surface area (Å²) in [6.07, 6.45) is 1.40. The third kappa shape index (κ3) is 3.25. The van der Waals surface area contributed by atoms with E-state index in [0.717, 1.165) is 0 Å². The molecule has 2 aromatic rings. The van der Waals surface area contributed by atoms with E-state index in [0.29, 0.717) is 35.4 Å². The molecule has 0 aliphatic carbocycles. The molecule has 2 amide bonds. The Morgan fingerprint density at radius 2 is 1.91 bits per heavy atom. The lowest BCUT2D eigenvalue weighted by atomic mass is 10.3. The highest BCUT2D eigenvalue weighted by atomic mass is 35.5. The monoisotopic (exact) mass is 340 g/mol. The van der Waals surface area contributed by atoms with Gasteiger partial charge in [0.05, 0.1) is 9.21 Å². The van der Waals surface area contributed by atoms with Gasteiger partial charge in [-0.25, -0.2) is 4.68 Å². The minimum atomic E-state index is -0.0569. The molecule has 0 aromatic carbocycles. The summed E-state index contributed by atoms with van der Waals surface area (Å²) in [7, 11) is 0. The molecule has 22 heavy (non-hydrogen) atoms. The van der Waals surface area contributed by atoms with Crippen LogP contribution in [0.25, 0.3) is 0 Å². The molecule has 0 spiro atoms. The molecule has 0 unspecified atom stereocenters. The summed E-state index contributed by atoms with van der Waals surface area (Å²) in [6.45, 7) is 2.14. The molecule has 0 bridgehead atoms. The van der Waals surface area contributed by atoms with Crippen LogP contribution in [0.2, 0.25) is 4.34 Å². The molecular weight excluding hydrogens is 328 g/mol. The first-order valence-electron chi connectivity index (χ1n) is 6.66.